The Labute approximate surface area is 83.8 Å². The summed E-state index contributed by atoms with van der Waals surface area (Å²) >= 11 is 0. The lowest BCUT2D eigenvalue weighted by Crippen LogP contribution is -2.30. The fourth-order valence-corrected chi connectivity index (χ4v) is 1.48. The minimum atomic E-state index is 0.582. The zero-order valence-electron chi connectivity index (χ0n) is 10.0. The highest BCUT2D eigenvalue weighted by Gasteiger charge is 2.10. The first-order chi connectivity index (χ1) is 5.95. The van der Waals surface area contributed by atoms with E-state index in [1.807, 2.05) is 0 Å². The van der Waals surface area contributed by atoms with Crippen molar-refractivity contribution in [2.75, 3.05) is 14.1 Å². The standard InChI is InChI=1S/C12H25N/c1-10(2)8-7-9-12(11(3)4)13(5)6/h7,9-12H,8H2,1-6H3. The van der Waals surface area contributed by atoms with Crippen molar-refractivity contribution < 1.29 is 0 Å². The van der Waals surface area contributed by atoms with Crippen LogP contribution >= 0.6 is 0 Å². The molecule has 0 rings (SSSR count). The van der Waals surface area contributed by atoms with Gasteiger partial charge in [0.05, 0.1) is 0 Å². The zero-order chi connectivity index (χ0) is 10.4. The molecule has 1 unspecified atom stereocenters. The lowest BCUT2D eigenvalue weighted by Gasteiger charge is -2.24. The molecule has 78 valence electrons. The molecule has 0 aromatic heterocycles. The maximum atomic E-state index is 2.34. The lowest BCUT2D eigenvalue weighted by molar-refractivity contribution is 0.279. The summed E-state index contributed by atoms with van der Waals surface area (Å²) in [6, 6.07) is 0.582. The lowest BCUT2D eigenvalue weighted by atomic mass is 10.0. The Morgan fingerprint density at radius 1 is 1.08 bits per heavy atom. The number of nitrogens with zero attached hydrogens (tertiary/aromatic N) is 1. The average molecular weight is 183 g/mol. The summed E-state index contributed by atoms with van der Waals surface area (Å²) in [7, 11) is 4.29. The predicted octanol–water partition coefficient (Wildman–Crippen LogP) is 3.17. The van der Waals surface area contributed by atoms with E-state index in [4.69, 9.17) is 0 Å². The highest BCUT2D eigenvalue weighted by atomic mass is 15.1. The first-order valence-corrected chi connectivity index (χ1v) is 5.28. The molecule has 0 aromatic carbocycles. The van der Waals surface area contributed by atoms with Crippen LogP contribution in [-0.2, 0) is 0 Å². The summed E-state index contributed by atoms with van der Waals surface area (Å²) in [5, 5.41) is 0. The Hall–Kier alpha value is -0.300. The monoisotopic (exact) mass is 183 g/mol. The number of allylic oxidation sites excluding steroid dienone is 1. The van der Waals surface area contributed by atoms with Gasteiger partial charge in [0.25, 0.3) is 0 Å². The second-order valence-electron chi connectivity index (χ2n) is 4.76. The summed E-state index contributed by atoms with van der Waals surface area (Å²) in [5.41, 5.74) is 0. The van der Waals surface area contributed by atoms with Crippen molar-refractivity contribution in [2.24, 2.45) is 11.8 Å². The van der Waals surface area contributed by atoms with Gasteiger partial charge in [-0.15, -0.1) is 0 Å². The number of hydrogen-bond donors (Lipinski definition) is 0. The Kier molecular flexibility index (Phi) is 6.06. The third-order valence-electron chi connectivity index (χ3n) is 2.22. The van der Waals surface area contributed by atoms with Crippen LogP contribution in [0.3, 0.4) is 0 Å². The largest absolute Gasteiger partial charge is 0.303 e. The van der Waals surface area contributed by atoms with E-state index in [0.29, 0.717) is 12.0 Å². The molecule has 0 radical (unpaired) electrons. The molecule has 0 aliphatic carbocycles. The maximum Gasteiger partial charge on any atom is 0.0295 e. The summed E-state index contributed by atoms with van der Waals surface area (Å²) in [6.45, 7) is 9.05. The number of likely N-dealkylation sites (N-methyl/N-ethyl adjacent to an activating group) is 1. The van der Waals surface area contributed by atoms with Crippen molar-refractivity contribution in [1.82, 2.24) is 4.90 Å². The quantitative estimate of drug-likeness (QED) is 0.592. The molecule has 1 nitrogen and oxygen atoms in total. The van der Waals surface area contributed by atoms with Crippen LogP contribution in [0.15, 0.2) is 12.2 Å². The third-order valence-corrected chi connectivity index (χ3v) is 2.22. The van der Waals surface area contributed by atoms with Gasteiger partial charge in [0.1, 0.15) is 0 Å². The predicted molar refractivity (Wildman–Crippen MR) is 60.9 cm³/mol. The van der Waals surface area contributed by atoms with Crippen molar-refractivity contribution in [3.63, 3.8) is 0 Å². The van der Waals surface area contributed by atoms with E-state index >= 15 is 0 Å². The van der Waals surface area contributed by atoms with Crippen molar-refractivity contribution in [3.8, 4) is 0 Å². The molecule has 0 saturated carbocycles. The van der Waals surface area contributed by atoms with Crippen LogP contribution in [0.1, 0.15) is 34.1 Å². The van der Waals surface area contributed by atoms with Crippen LogP contribution in [0.4, 0.5) is 0 Å². The molecular formula is C12H25N. The highest BCUT2D eigenvalue weighted by molar-refractivity contribution is 4.95. The van der Waals surface area contributed by atoms with E-state index in [9.17, 15) is 0 Å². The molecule has 0 aliphatic heterocycles. The van der Waals surface area contributed by atoms with Crippen LogP contribution in [0.2, 0.25) is 0 Å². The summed E-state index contributed by atoms with van der Waals surface area (Å²) in [5.74, 6) is 1.46. The van der Waals surface area contributed by atoms with Gasteiger partial charge in [-0.2, -0.15) is 0 Å². The van der Waals surface area contributed by atoms with Gasteiger partial charge in [0.15, 0.2) is 0 Å². The normalized spacial score (nSPS) is 15.2. The van der Waals surface area contributed by atoms with Gasteiger partial charge in [-0.3, -0.25) is 0 Å². The van der Waals surface area contributed by atoms with E-state index in [0.717, 1.165) is 5.92 Å². The zero-order valence-corrected chi connectivity index (χ0v) is 10.0. The van der Waals surface area contributed by atoms with Crippen LogP contribution in [0.25, 0.3) is 0 Å². The topological polar surface area (TPSA) is 3.24 Å². The van der Waals surface area contributed by atoms with Crippen molar-refractivity contribution in [1.29, 1.82) is 0 Å². The molecule has 1 atom stereocenters. The first-order valence-electron chi connectivity index (χ1n) is 5.28. The Bertz CT molecular complexity index is 137. The molecule has 0 amide bonds. The summed E-state index contributed by atoms with van der Waals surface area (Å²) < 4.78 is 0. The minimum Gasteiger partial charge on any atom is -0.303 e. The SMILES string of the molecule is CC(C)CC=CC(C(C)C)N(C)C. The highest BCUT2D eigenvalue weighted by Crippen LogP contribution is 2.10. The van der Waals surface area contributed by atoms with E-state index in [2.05, 4.69) is 58.8 Å². The minimum absolute atomic E-state index is 0.582. The summed E-state index contributed by atoms with van der Waals surface area (Å²) in [6.07, 6.45) is 5.84. The molecule has 0 N–H and O–H groups in total. The van der Waals surface area contributed by atoms with E-state index in [1.165, 1.54) is 6.42 Å². The molecular weight excluding hydrogens is 158 g/mol. The fraction of sp³-hybridized carbons (Fsp3) is 0.833. The molecule has 0 aliphatic rings. The first kappa shape index (κ1) is 12.7. The Balaban J connectivity index is 4.02. The second-order valence-corrected chi connectivity index (χ2v) is 4.76. The average Bonchev–Trinajstić information content (AvgIpc) is 1.95. The molecule has 0 saturated heterocycles. The van der Waals surface area contributed by atoms with Crippen molar-refractivity contribution >= 4 is 0 Å². The van der Waals surface area contributed by atoms with Crippen LogP contribution in [-0.4, -0.2) is 25.0 Å². The molecule has 0 bridgehead atoms. The molecule has 13 heavy (non-hydrogen) atoms. The van der Waals surface area contributed by atoms with Gasteiger partial charge in [-0.05, 0) is 32.4 Å². The van der Waals surface area contributed by atoms with Gasteiger partial charge in [0, 0.05) is 6.04 Å². The van der Waals surface area contributed by atoms with Gasteiger partial charge in [0.2, 0.25) is 0 Å². The molecule has 0 spiro atoms. The van der Waals surface area contributed by atoms with E-state index in [1.54, 1.807) is 0 Å². The molecule has 0 aromatic rings. The number of rotatable bonds is 5. The maximum absolute atomic E-state index is 2.34. The van der Waals surface area contributed by atoms with Gasteiger partial charge < -0.3 is 4.90 Å². The van der Waals surface area contributed by atoms with Crippen LogP contribution in [0.5, 0.6) is 0 Å². The molecule has 1 heteroatoms. The van der Waals surface area contributed by atoms with E-state index in [-0.39, 0.29) is 0 Å². The van der Waals surface area contributed by atoms with Crippen LogP contribution < -0.4 is 0 Å². The van der Waals surface area contributed by atoms with Gasteiger partial charge in [-0.25, -0.2) is 0 Å². The number of hydrogen-bond acceptors (Lipinski definition) is 1. The third kappa shape index (κ3) is 5.87. The molecule has 0 fully saturated rings. The van der Waals surface area contributed by atoms with Crippen molar-refractivity contribution in [2.45, 2.75) is 40.2 Å². The van der Waals surface area contributed by atoms with Crippen molar-refractivity contribution in [3.05, 3.63) is 12.2 Å². The Morgan fingerprint density at radius 3 is 1.92 bits per heavy atom. The van der Waals surface area contributed by atoms with E-state index < -0.39 is 0 Å². The molecule has 0 heterocycles. The Morgan fingerprint density at radius 2 is 1.62 bits per heavy atom. The summed E-state index contributed by atoms with van der Waals surface area (Å²) in [4.78, 5) is 2.28. The van der Waals surface area contributed by atoms with Gasteiger partial charge >= 0.3 is 0 Å². The second kappa shape index (κ2) is 6.20. The van der Waals surface area contributed by atoms with Gasteiger partial charge in [-0.1, -0.05) is 39.8 Å². The smallest absolute Gasteiger partial charge is 0.0295 e. The van der Waals surface area contributed by atoms with Crippen LogP contribution in [0, 0.1) is 11.8 Å². The fourth-order valence-electron chi connectivity index (χ4n) is 1.48.